The van der Waals surface area contributed by atoms with Crippen LogP contribution in [-0.2, 0) is 12.8 Å². The summed E-state index contributed by atoms with van der Waals surface area (Å²) in [6, 6.07) is 17.0. The van der Waals surface area contributed by atoms with Crippen LogP contribution in [0.5, 0.6) is 5.75 Å². The van der Waals surface area contributed by atoms with Gasteiger partial charge >= 0.3 is 0 Å². The van der Waals surface area contributed by atoms with E-state index in [0.717, 1.165) is 12.8 Å². The van der Waals surface area contributed by atoms with Crippen LogP contribution >= 0.6 is 0 Å². The summed E-state index contributed by atoms with van der Waals surface area (Å²) in [6.07, 6.45) is 3.54. The first-order valence-electron chi connectivity index (χ1n) is 9.68. The fraction of sp³-hybridized carbons (Fsp3) is 0.269. The summed E-state index contributed by atoms with van der Waals surface area (Å²) in [6.45, 7) is 11.0. The summed E-state index contributed by atoms with van der Waals surface area (Å²) in [4.78, 5) is 0. The maximum atomic E-state index is 8.62. The summed E-state index contributed by atoms with van der Waals surface area (Å²) in [5, 5.41) is 8.62. The number of aryl methyl sites for hydroxylation is 5. The lowest BCUT2D eigenvalue weighted by Gasteiger charge is -2.15. The molecule has 3 rings (SSSR count). The quantitative estimate of drug-likeness (QED) is 0.497. The van der Waals surface area contributed by atoms with E-state index in [2.05, 4.69) is 58.9 Å². The molecule has 0 saturated heterocycles. The Morgan fingerprint density at radius 3 is 1.75 bits per heavy atom. The summed E-state index contributed by atoms with van der Waals surface area (Å²) in [5.41, 5.74) is 12.1. The average molecular weight is 370 g/mol. The highest BCUT2D eigenvalue weighted by molar-refractivity contribution is 5.45. The van der Waals surface area contributed by atoms with Crippen LogP contribution in [-0.4, -0.2) is 0 Å². The molecule has 0 radical (unpaired) electrons. The molecule has 28 heavy (non-hydrogen) atoms. The number of nitrogens with zero attached hydrogens (tertiary/aromatic N) is 1. The molecule has 0 aliphatic carbocycles. The third kappa shape index (κ3) is 4.43. The van der Waals surface area contributed by atoms with Gasteiger partial charge in [0.05, 0.1) is 0 Å². The molecule has 0 N–H and O–H groups in total. The monoisotopic (exact) mass is 369 g/mol. The third-order valence-corrected chi connectivity index (χ3v) is 5.61. The topological polar surface area (TPSA) is 33.0 Å². The van der Waals surface area contributed by atoms with Crippen LogP contribution < -0.4 is 4.74 Å². The van der Waals surface area contributed by atoms with Crippen molar-refractivity contribution in [2.24, 2.45) is 0 Å². The van der Waals surface area contributed by atoms with Crippen molar-refractivity contribution >= 4 is 0 Å². The van der Waals surface area contributed by atoms with E-state index in [1.54, 1.807) is 6.26 Å². The zero-order chi connectivity index (χ0) is 20.3. The molecule has 0 spiro atoms. The second kappa shape index (κ2) is 8.31. The Morgan fingerprint density at radius 2 is 1.14 bits per heavy atom. The van der Waals surface area contributed by atoms with Gasteiger partial charge in [-0.1, -0.05) is 36.4 Å². The smallest absolute Gasteiger partial charge is 0.292 e. The van der Waals surface area contributed by atoms with Gasteiger partial charge in [0, 0.05) is 0 Å². The van der Waals surface area contributed by atoms with Gasteiger partial charge in [-0.05, 0) is 110 Å². The SMILES string of the molecule is Cc1cc(C)c(Cc2cc(Cc3ccc(OC#N)cc3)c(C)cc2C)cc1C. The normalized spacial score (nSPS) is 10.6. The molecule has 0 saturated carbocycles. The second-order valence-corrected chi connectivity index (χ2v) is 7.76. The van der Waals surface area contributed by atoms with Crippen molar-refractivity contribution < 1.29 is 4.74 Å². The lowest BCUT2D eigenvalue weighted by atomic mass is 9.90. The Balaban J connectivity index is 1.88. The van der Waals surface area contributed by atoms with Crippen LogP contribution in [0.25, 0.3) is 0 Å². The predicted octanol–water partition coefficient (Wildman–Crippen LogP) is 6.27. The molecule has 0 amide bonds. The van der Waals surface area contributed by atoms with Crippen molar-refractivity contribution in [3.05, 3.63) is 98.6 Å². The zero-order valence-corrected chi connectivity index (χ0v) is 17.4. The van der Waals surface area contributed by atoms with E-state index in [9.17, 15) is 0 Å². The van der Waals surface area contributed by atoms with Gasteiger partial charge in [0.1, 0.15) is 5.75 Å². The predicted molar refractivity (Wildman–Crippen MR) is 115 cm³/mol. The Kier molecular flexibility index (Phi) is 5.85. The lowest BCUT2D eigenvalue weighted by Crippen LogP contribution is -2.01. The molecule has 0 atom stereocenters. The van der Waals surface area contributed by atoms with Crippen LogP contribution in [0.4, 0.5) is 0 Å². The van der Waals surface area contributed by atoms with Gasteiger partial charge in [-0.25, -0.2) is 0 Å². The molecule has 0 unspecified atom stereocenters. The summed E-state index contributed by atoms with van der Waals surface area (Å²) < 4.78 is 4.87. The zero-order valence-electron chi connectivity index (χ0n) is 17.4. The number of hydrogen-bond donors (Lipinski definition) is 0. The molecular weight excluding hydrogens is 342 g/mol. The van der Waals surface area contributed by atoms with Gasteiger partial charge < -0.3 is 4.74 Å². The highest BCUT2D eigenvalue weighted by Crippen LogP contribution is 2.25. The largest absolute Gasteiger partial charge is 0.388 e. The van der Waals surface area contributed by atoms with Crippen LogP contribution in [0.2, 0.25) is 0 Å². The van der Waals surface area contributed by atoms with Crippen LogP contribution in [0, 0.1) is 46.1 Å². The first-order chi connectivity index (χ1) is 13.4. The Hall–Kier alpha value is -3.05. The van der Waals surface area contributed by atoms with Crippen molar-refractivity contribution in [2.45, 2.75) is 47.5 Å². The molecule has 0 heterocycles. The molecule has 3 aromatic carbocycles. The van der Waals surface area contributed by atoms with Gasteiger partial charge in [-0.2, -0.15) is 0 Å². The van der Waals surface area contributed by atoms with Crippen molar-refractivity contribution in [1.29, 1.82) is 5.26 Å². The molecule has 0 fully saturated rings. The maximum absolute atomic E-state index is 8.62. The summed E-state index contributed by atoms with van der Waals surface area (Å²) in [5.74, 6) is 0.581. The number of benzene rings is 3. The minimum absolute atomic E-state index is 0.581. The molecule has 0 aliphatic heterocycles. The Morgan fingerprint density at radius 1 is 0.643 bits per heavy atom. The minimum Gasteiger partial charge on any atom is -0.388 e. The highest BCUT2D eigenvalue weighted by Gasteiger charge is 2.09. The van der Waals surface area contributed by atoms with Crippen LogP contribution in [0.15, 0.2) is 48.5 Å². The number of rotatable bonds is 5. The standard InChI is InChI=1S/C26H27NO/c1-17-10-19(3)23(12-18(17)2)14-25-15-24(20(4)11-21(25)5)13-22-6-8-26(9-7-22)28-16-27/h6-12,15H,13-14H2,1-5H3. The van der Waals surface area contributed by atoms with E-state index < -0.39 is 0 Å². The van der Waals surface area contributed by atoms with Crippen molar-refractivity contribution in [3.63, 3.8) is 0 Å². The minimum atomic E-state index is 0.581. The van der Waals surface area contributed by atoms with Crippen LogP contribution in [0.3, 0.4) is 0 Å². The molecule has 2 nitrogen and oxygen atoms in total. The Labute approximate surface area is 168 Å². The summed E-state index contributed by atoms with van der Waals surface area (Å²) in [7, 11) is 0. The number of hydrogen-bond acceptors (Lipinski definition) is 2. The fourth-order valence-electron chi connectivity index (χ4n) is 3.69. The van der Waals surface area contributed by atoms with Gasteiger partial charge in [0.15, 0.2) is 0 Å². The molecule has 3 aromatic rings. The van der Waals surface area contributed by atoms with Crippen molar-refractivity contribution in [3.8, 4) is 12.0 Å². The molecule has 2 heteroatoms. The van der Waals surface area contributed by atoms with E-state index in [0.29, 0.717) is 5.75 Å². The lowest BCUT2D eigenvalue weighted by molar-refractivity contribution is 0.507. The maximum Gasteiger partial charge on any atom is 0.292 e. The van der Waals surface area contributed by atoms with E-state index in [4.69, 9.17) is 10.00 Å². The first kappa shape index (κ1) is 19.7. The third-order valence-electron chi connectivity index (χ3n) is 5.61. The fourth-order valence-corrected chi connectivity index (χ4v) is 3.69. The molecule has 142 valence electrons. The molecule has 0 aliphatic rings. The number of ether oxygens (including phenoxy) is 1. The molecule has 0 bridgehead atoms. The van der Waals surface area contributed by atoms with Crippen LogP contribution in [0.1, 0.15) is 50.1 Å². The van der Waals surface area contributed by atoms with Gasteiger partial charge in [-0.3, -0.25) is 0 Å². The van der Waals surface area contributed by atoms with E-state index in [1.165, 1.54) is 50.1 Å². The second-order valence-electron chi connectivity index (χ2n) is 7.76. The van der Waals surface area contributed by atoms with Crippen molar-refractivity contribution in [1.82, 2.24) is 0 Å². The molecule has 0 aromatic heterocycles. The van der Waals surface area contributed by atoms with E-state index in [-0.39, 0.29) is 0 Å². The van der Waals surface area contributed by atoms with Crippen molar-refractivity contribution in [2.75, 3.05) is 0 Å². The average Bonchev–Trinajstić information content (AvgIpc) is 2.65. The van der Waals surface area contributed by atoms with Gasteiger partial charge in [0.2, 0.25) is 0 Å². The number of nitriles is 1. The van der Waals surface area contributed by atoms with E-state index in [1.807, 2.05) is 24.3 Å². The van der Waals surface area contributed by atoms with Gasteiger partial charge in [-0.15, -0.1) is 5.26 Å². The first-order valence-corrected chi connectivity index (χ1v) is 9.68. The summed E-state index contributed by atoms with van der Waals surface area (Å²) >= 11 is 0. The Bertz CT molecular complexity index is 1040. The van der Waals surface area contributed by atoms with Gasteiger partial charge in [0.25, 0.3) is 6.26 Å². The molecular formula is C26H27NO. The highest BCUT2D eigenvalue weighted by atomic mass is 16.5. The van der Waals surface area contributed by atoms with E-state index >= 15 is 0 Å².